The first-order valence-corrected chi connectivity index (χ1v) is 14.4. The maximum Gasteiger partial charge on any atom is 0.264 e. The molecule has 4 rings (SSSR count). The van der Waals surface area contributed by atoms with E-state index in [4.69, 9.17) is 0 Å². The van der Waals surface area contributed by atoms with Crippen molar-refractivity contribution < 1.29 is 18.0 Å². The Hall–Kier alpha value is -4.43. The maximum absolute atomic E-state index is 13.8. The van der Waals surface area contributed by atoms with Crippen molar-refractivity contribution in [3.63, 3.8) is 0 Å². The first-order chi connectivity index (χ1) is 19.1. The summed E-state index contributed by atoms with van der Waals surface area (Å²) in [6.07, 6.45) is 0. The van der Waals surface area contributed by atoms with Gasteiger partial charge in [-0.1, -0.05) is 77.9 Å². The van der Waals surface area contributed by atoms with Gasteiger partial charge in [-0.25, -0.2) is 8.42 Å². The Morgan fingerprint density at radius 1 is 0.800 bits per heavy atom. The highest BCUT2D eigenvalue weighted by Gasteiger charge is 2.29. The van der Waals surface area contributed by atoms with Gasteiger partial charge in [0, 0.05) is 0 Å². The molecule has 7 nitrogen and oxygen atoms in total. The van der Waals surface area contributed by atoms with Gasteiger partial charge in [-0.3, -0.25) is 13.9 Å². The van der Waals surface area contributed by atoms with Crippen molar-refractivity contribution in [3.8, 4) is 0 Å². The van der Waals surface area contributed by atoms with Gasteiger partial charge < -0.3 is 10.6 Å². The second-order valence-corrected chi connectivity index (χ2v) is 11.7. The van der Waals surface area contributed by atoms with E-state index < -0.39 is 22.5 Å². The molecule has 2 N–H and O–H groups in total. The van der Waals surface area contributed by atoms with E-state index in [0.29, 0.717) is 11.4 Å². The van der Waals surface area contributed by atoms with Crippen LogP contribution in [-0.4, -0.2) is 26.8 Å². The molecule has 0 saturated heterocycles. The second-order valence-electron chi connectivity index (χ2n) is 9.81. The third-order valence-electron chi connectivity index (χ3n) is 6.61. The molecule has 0 aliphatic carbocycles. The molecule has 0 aliphatic heterocycles. The topological polar surface area (TPSA) is 95.6 Å². The van der Waals surface area contributed by atoms with Crippen LogP contribution in [0.1, 0.15) is 45.6 Å². The zero-order valence-corrected chi connectivity index (χ0v) is 23.8. The summed E-state index contributed by atoms with van der Waals surface area (Å²) in [5, 5.41) is 5.72. The summed E-state index contributed by atoms with van der Waals surface area (Å²) in [6, 6.07) is 27.9. The number of para-hydroxylation sites is 1. The van der Waals surface area contributed by atoms with E-state index in [0.717, 1.165) is 26.6 Å². The molecule has 0 heterocycles. The fourth-order valence-electron chi connectivity index (χ4n) is 4.43. The summed E-state index contributed by atoms with van der Waals surface area (Å²) in [6.45, 7) is 7.01. The molecule has 40 heavy (non-hydrogen) atoms. The number of aryl methyl sites for hydroxylation is 3. The normalized spacial score (nSPS) is 11.9. The Balaban J connectivity index is 1.60. The fourth-order valence-corrected chi connectivity index (χ4v) is 5.92. The molecule has 206 valence electrons. The van der Waals surface area contributed by atoms with Crippen molar-refractivity contribution in [1.82, 2.24) is 5.32 Å². The van der Waals surface area contributed by atoms with E-state index in [2.05, 4.69) is 10.6 Å². The lowest BCUT2D eigenvalue weighted by molar-refractivity contribution is -0.114. The van der Waals surface area contributed by atoms with Crippen molar-refractivity contribution in [1.29, 1.82) is 0 Å². The predicted octanol–water partition coefficient (Wildman–Crippen LogP) is 5.94. The smallest absolute Gasteiger partial charge is 0.264 e. The Labute approximate surface area is 235 Å². The minimum Gasteiger partial charge on any atom is -0.345 e. The number of nitrogens with one attached hydrogen (secondary N) is 2. The summed E-state index contributed by atoms with van der Waals surface area (Å²) < 4.78 is 28.7. The Bertz CT molecular complexity index is 1620. The molecular weight excluding hydrogens is 522 g/mol. The van der Waals surface area contributed by atoms with Crippen molar-refractivity contribution in [2.75, 3.05) is 16.2 Å². The fraction of sp³-hybridized carbons (Fsp3) is 0.188. The molecular formula is C32H33N3O4S. The number of sulfonamides is 1. The van der Waals surface area contributed by atoms with Gasteiger partial charge in [-0.05, 0) is 69.2 Å². The van der Waals surface area contributed by atoms with Crippen LogP contribution in [0.3, 0.4) is 0 Å². The van der Waals surface area contributed by atoms with E-state index in [1.54, 1.807) is 42.5 Å². The van der Waals surface area contributed by atoms with Crippen molar-refractivity contribution in [3.05, 3.63) is 125 Å². The van der Waals surface area contributed by atoms with Crippen LogP contribution >= 0.6 is 0 Å². The van der Waals surface area contributed by atoms with Crippen LogP contribution in [0, 0.1) is 20.8 Å². The molecule has 0 saturated carbocycles. The number of carbonyl (C=O) groups excluding carboxylic acids is 2. The molecule has 0 aliphatic rings. The standard InChI is InChI=1S/C32H33N3O4S/c1-22-14-17-27(18-15-22)40(38,39)35(30-19-16-23(2)20-24(30)3)21-31(36)34-29-13-9-8-12-28(29)32(37)33-25(4)26-10-6-5-7-11-26/h5-20,25H,21H2,1-4H3,(H,33,37)(H,34,36)/t25-/m0/s1. The Morgan fingerprint density at radius 2 is 1.43 bits per heavy atom. The number of anilines is 2. The molecule has 8 heteroatoms. The van der Waals surface area contributed by atoms with Crippen LogP contribution in [0.5, 0.6) is 0 Å². The highest BCUT2D eigenvalue weighted by Crippen LogP contribution is 2.28. The first kappa shape index (κ1) is 28.6. The highest BCUT2D eigenvalue weighted by molar-refractivity contribution is 7.92. The van der Waals surface area contributed by atoms with E-state index in [-0.39, 0.29) is 22.4 Å². The molecule has 0 fully saturated rings. The number of carbonyl (C=O) groups is 2. The summed E-state index contributed by atoms with van der Waals surface area (Å²) in [5.41, 5.74) is 4.54. The lowest BCUT2D eigenvalue weighted by Crippen LogP contribution is -2.39. The van der Waals surface area contributed by atoms with Crippen LogP contribution in [0.2, 0.25) is 0 Å². The molecule has 0 spiro atoms. The van der Waals surface area contributed by atoms with Crippen LogP contribution in [0.4, 0.5) is 11.4 Å². The van der Waals surface area contributed by atoms with E-state index in [9.17, 15) is 18.0 Å². The predicted molar refractivity (Wildman–Crippen MR) is 159 cm³/mol. The van der Waals surface area contributed by atoms with Gasteiger partial charge in [0.25, 0.3) is 15.9 Å². The van der Waals surface area contributed by atoms with Crippen molar-refractivity contribution in [2.24, 2.45) is 0 Å². The van der Waals surface area contributed by atoms with Gasteiger partial charge in [0.05, 0.1) is 27.9 Å². The zero-order chi connectivity index (χ0) is 28.9. The SMILES string of the molecule is Cc1ccc(S(=O)(=O)N(CC(=O)Nc2ccccc2C(=O)N[C@@H](C)c2ccccc2)c2ccc(C)cc2C)cc1. The molecule has 4 aromatic rings. The summed E-state index contributed by atoms with van der Waals surface area (Å²) in [7, 11) is -4.07. The average molecular weight is 556 g/mol. The molecule has 0 aromatic heterocycles. The quantitative estimate of drug-likeness (QED) is 0.267. The molecule has 2 amide bonds. The first-order valence-electron chi connectivity index (χ1n) is 13.0. The number of rotatable bonds is 9. The Kier molecular flexibility index (Phi) is 8.70. The second kappa shape index (κ2) is 12.2. The molecule has 1 atom stereocenters. The van der Waals surface area contributed by atoms with Gasteiger partial charge in [-0.2, -0.15) is 0 Å². The van der Waals surface area contributed by atoms with Gasteiger partial charge >= 0.3 is 0 Å². The van der Waals surface area contributed by atoms with Gasteiger partial charge in [0.2, 0.25) is 5.91 Å². The maximum atomic E-state index is 13.8. The minimum absolute atomic E-state index is 0.0838. The Morgan fingerprint density at radius 3 is 2.10 bits per heavy atom. The highest BCUT2D eigenvalue weighted by atomic mass is 32.2. The van der Waals surface area contributed by atoms with Crippen molar-refractivity contribution in [2.45, 2.75) is 38.6 Å². The summed E-state index contributed by atoms with van der Waals surface area (Å²) >= 11 is 0. The lowest BCUT2D eigenvalue weighted by atomic mass is 10.1. The summed E-state index contributed by atoms with van der Waals surface area (Å²) in [5.74, 6) is -0.933. The molecule has 0 bridgehead atoms. The van der Waals surface area contributed by atoms with Gasteiger partial charge in [-0.15, -0.1) is 0 Å². The van der Waals surface area contributed by atoms with Crippen LogP contribution in [0.25, 0.3) is 0 Å². The lowest BCUT2D eigenvalue weighted by Gasteiger charge is -2.26. The largest absolute Gasteiger partial charge is 0.345 e. The number of amides is 2. The minimum atomic E-state index is -4.07. The van der Waals surface area contributed by atoms with Gasteiger partial charge in [0.1, 0.15) is 6.54 Å². The van der Waals surface area contributed by atoms with E-state index in [1.165, 1.54) is 12.1 Å². The third-order valence-corrected chi connectivity index (χ3v) is 8.38. The molecule has 0 radical (unpaired) electrons. The average Bonchev–Trinajstić information content (AvgIpc) is 2.93. The van der Waals surface area contributed by atoms with E-state index >= 15 is 0 Å². The van der Waals surface area contributed by atoms with Gasteiger partial charge in [0.15, 0.2) is 0 Å². The zero-order valence-electron chi connectivity index (χ0n) is 23.0. The number of benzene rings is 4. The van der Waals surface area contributed by atoms with Crippen LogP contribution < -0.4 is 14.9 Å². The molecule has 4 aromatic carbocycles. The molecule has 0 unspecified atom stereocenters. The number of hydrogen-bond acceptors (Lipinski definition) is 4. The monoisotopic (exact) mass is 555 g/mol. The van der Waals surface area contributed by atoms with Crippen molar-refractivity contribution >= 4 is 33.2 Å². The number of hydrogen-bond donors (Lipinski definition) is 2. The van der Waals surface area contributed by atoms with Crippen LogP contribution in [0.15, 0.2) is 102 Å². The van der Waals surface area contributed by atoms with Crippen LogP contribution in [-0.2, 0) is 14.8 Å². The summed E-state index contributed by atoms with van der Waals surface area (Å²) in [4.78, 5) is 26.6. The third kappa shape index (κ3) is 6.58. The van der Waals surface area contributed by atoms with E-state index in [1.807, 2.05) is 70.2 Å². The number of nitrogens with zero attached hydrogens (tertiary/aromatic N) is 1.